The van der Waals surface area contributed by atoms with Crippen LogP contribution < -0.4 is 5.32 Å². The van der Waals surface area contributed by atoms with Gasteiger partial charge in [0.05, 0.1) is 21.9 Å². The lowest BCUT2D eigenvalue weighted by molar-refractivity contribution is 0.142. The summed E-state index contributed by atoms with van der Waals surface area (Å²) in [7, 11) is 0. The van der Waals surface area contributed by atoms with Crippen LogP contribution >= 0.6 is 35.0 Å². The zero-order valence-corrected chi connectivity index (χ0v) is 16.5. The van der Waals surface area contributed by atoms with Gasteiger partial charge in [-0.1, -0.05) is 47.5 Å². The van der Waals surface area contributed by atoms with Crippen molar-refractivity contribution in [2.75, 3.05) is 5.32 Å². The Morgan fingerprint density at radius 3 is 2.76 bits per heavy atom. The Bertz CT molecular complexity index is 792. The molecule has 25 heavy (non-hydrogen) atoms. The maximum atomic E-state index is 6.27. The number of benzene rings is 1. The van der Waals surface area contributed by atoms with E-state index in [2.05, 4.69) is 10.3 Å². The molecule has 1 heterocycles. The monoisotopic (exact) mass is 393 g/mol. The van der Waals surface area contributed by atoms with Gasteiger partial charge in [-0.25, -0.2) is 9.97 Å². The van der Waals surface area contributed by atoms with E-state index in [0.717, 1.165) is 21.4 Å². The maximum absolute atomic E-state index is 6.27. The molecule has 1 unspecified atom stereocenters. The van der Waals surface area contributed by atoms with Crippen molar-refractivity contribution in [2.24, 2.45) is 5.41 Å². The summed E-state index contributed by atoms with van der Waals surface area (Å²) >= 11 is 13.9. The van der Waals surface area contributed by atoms with Crippen LogP contribution in [0.15, 0.2) is 34.3 Å². The molecule has 0 saturated heterocycles. The fraction of sp³-hybridized carbons (Fsp3) is 0.474. The van der Waals surface area contributed by atoms with E-state index < -0.39 is 0 Å². The van der Waals surface area contributed by atoms with E-state index >= 15 is 0 Å². The van der Waals surface area contributed by atoms with Crippen LogP contribution in [0.5, 0.6) is 0 Å². The van der Waals surface area contributed by atoms with Crippen LogP contribution in [-0.4, -0.2) is 16.0 Å². The molecule has 2 aliphatic rings. The van der Waals surface area contributed by atoms with Crippen molar-refractivity contribution >= 4 is 40.8 Å². The highest BCUT2D eigenvalue weighted by Gasteiger charge is 2.43. The van der Waals surface area contributed by atoms with Crippen LogP contribution in [0.1, 0.15) is 44.2 Å². The Kier molecular flexibility index (Phi) is 4.87. The summed E-state index contributed by atoms with van der Waals surface area (Å²) in [6.07, 6.45) is 9.94. The number of hydrogen-bond donors (Lipinski definition) is 1. The molecular formula is C19H21Cl2N3S. The number of rotatable bonds is 4. The number of aryl methyl sites for hydroxylation is 1. The first kappa shape index (κ1) is 17.4. The first-order valence-electron chi connectivity index (χ1n) is 8.77. The molecular weight excluding hydrogens is 373 g/mol. The second-order valence-electron chi connectivity index (χ2n) is 7.24. The minimum atomic E-state index is 0.537. The summed E-state index contributed by atoms with van der Waals surface area (Å²) in [5.74, 6) is 0.875. The molecule has 0 amide bonds. The summed E-state index contributed by atoms with van der Waals surface area (Å²) in [5, 5.41) is 5.57. The Balaban J connectivity index is 1.45. The zero-order valence-electron chi connectivity index (χ0n) is 14.2. The van der Waals surface area contributed by atoms with Crippen molar-refractivity contribution in [3.05, 3.63) is 40.1 Å². The number of hydrogen-bond acceptors (Lipinski definition) is 4. The van der Waals surface area contributed by atoms with Crippen molar-refractivity contribution < 1.29 is 0 Å². The van der Waals surface area contributed by atoms with Gasteiger partial charge in [-0.15, -0.1) is 0 Å². The standard InChI is InChI=1S/C19H21Cl2N3S/c1-12-18(25-15-5-2-4-14(20)17(15)21)22-11-16(23-12)24-13-6-9-19(10-13)7-3-8-19/h2,4-5,11,13H,3,6-10H2,1H3,(H,23,24). The van der Waals surface area contributed by atoms with Crippen molar-refractivity contribution in [3.8, 4) is 0 Å². The summed E-state index contributed by atoms with van der Waals surface area (Å²) in [6, 6.07) is 6.17. The largest absolute Gasteiger partial charge is 0.366 e. The Morgan fingerprint density at radius 2 is 2.08 bits per heavy atom. The predicted octanol–water partition coefficient (Wildman–Crippen LogP) is 6.38. The van der Waals surface area contributed by atoms with Gasteiger partial charge in [0.15, 0.2) is 0 Å². The molecule has 2 aromatic rings. The molecule has 2 fully saturated rings. The Labute approximate surface area is 162 Å². The van der Waals surface area contributed by atoms with Gasteiger partial charge in [-0.05, 0) is 56.6 Å². The molecule has 3 nitrogen and oxygen atoms in total. The number of halogens is 2. The molecule has 6 heteroatoms. The summed E-state index contributed by atoms with van der Waals surface area (Å²) in [6.45, 7) is 1.99. The Morgan fingerprint density at radius 1 is 1.24 bits per heavy atom. The quantitative estimate of drug-likeness (QED) is 0.653. The van der Waals surface area contributed by atoms with Gasteiger partial charge in [0, 0.05) is 10.9 Å². The molecule has 2 aliphatic carbocycles. The molecule has 0 aliphatic heterocycles. The van der Waals surface area contributed by atoms with Crippen molar-refractivity contribution in [3.63, 3.8) is 0 Å². The van der Waals surface area contributed by atoms with E-state index in [9.17, 15) is 0 Å². The Hall–Kier alpha value is -0.970. The van der Waals surface area contributed by atoms with Gasteiger partial charge in [0.1, 0.15) is 10.8 Å². The summed E-state index contributed by atoms with van der Waals surface area (Å²) in [5.41, 5.74) is 1.54. The smallest absolute Gasteiger partial charge is 0.145 e. The number of nitrogens with zero attached hydrogens (tertiary/aromatic N) is 2. The van der Waals surface area contributed by atoms with Crippen LogP contribution in [0.2, 0.25) is 10.0 Å². The third-order valence-electron chi connectivity index (χ3n) is 5.49. The van der Waals surface area contributed by atoms with Crippen molar-refractivity contribution in [1.29, 1.82) is 0 Å². The molecule has 132 valence electrons. The molecule has 2 saturated carbocycles. The van der Waals surface area contributed by atoms with Gasteiger partial charge < -0.3 is 5.32 Å². The minimum Gasteiger partial charge on any atom is -0.366 e. The first-order chi connectivity index (χ1) is 12.0. The van der Waals surface area contributed by atoms with Crippen LogP contribution in [0.25, 0.3) is 0 Å². The van der Waals surface area contributed by atoms with Crippen LogP contribution in [0.4, 0.5) is 5.82 Å². The number of aromatic nitrogens is 2. The molecule has 1 spiro atoms. The molecule has 1 atom stereocenters. The fourth-order valence-electron chi connectivity index (χ4n) is 3.98. The second-order valence-corrected chi connectivity index (χ2v) is 9.05. The second kappa shape index (κ2) is 6.98. The van der Waals surface area contributed by atoms with Gasteiger partial charge in [-0.2, -0.15) is 0 Å². The summed E-state index contributed by atoms with van der Waals surface area (Å²) < 4.78 is 0. The first-order valence-corrected chi connectivity index (χ1v) is 10.3. The van der Waals surface area contributed by atoms with Crippen molar-refractivity contribution in [1.82, 2.24) is 9.97 Å². The number of nitrogens with one attached hydrogen (secondary N) is 1. The van der Waals surface area contributed by atoms with Crippen LogP contribution in [0, 0.1) is 12.3 Å². The minimum absolute atomic E-state index is 0.537. The van der Waals surface area contributed by atoms with Gasteiger partial charge in [0.2, 0.25) is 0 Å². The molecule has 1 aromatic heterocycles. The van der Waals surface area contributed by atoms with Gasteiger partial charge in [-0.3, -0.25) is 0 Å². The molecule has 0 radical (unpaired) electrons. The third-order valence-corrected chi connectivity index (χ3v) is 7.58. The van der Waals surface area contributed by atoms with E-state index in [-0.39, 0.29) is 0 Å². The highest BCUT2D eigenvalue weighted by Crippen LogP contribution is 2.53. The van der Waals surface area contributed by atoms with E-state index in [4.69, 9.17) is 28.2 Å². The lowest BCUT2D eigenvalue weighted by Gasteiger charge is -2.38. The maximum Gasteiger partial charge on any atom is 0.145 e. The van der Waals surface area contributed by atoms with Crippen molar-refractivity contribution in [2.45, 2.75) is 61.4 Å². The lowest BCUT2D eigenvalue weighted by atomic mass is 9.67. The van der Waals surface area contributed by atoms with E-state index in [1.165, 1.54) is 50.3 Å². The van der Waals surface area contributed by atoms with Crippen LogP contribution in [-0.2, 0) is 0 Å². The predicted molar refractivity (Wildman–Crippen MR) is 105 cm³/mol. The summed E-state index contributed by atoms with van der Waals surface area (Å²) in [4.78, 5) is 10.2. The molecule has 0 bridgehead atoms. The van der Waals surface area contributed by atoms with E-state index in [0.29, 0.717) is 21.5 Å². The van der Waals surface area contributed by atoms with Gasteiger partial charge in [0.25, 0.3) is 0 Å². The highest BCUT2D eigenvalue weighted by molar-refractivity contribution is 7.99. The topological polar surface area (TPSA) is 37.8 Å². The number of anilines is 1. The average Bonchev–Trinajstić information content (AvgIpc) is 2.99. The van der Waals surface area contributed by atoms with E-state index in [1.807, 2.05) is 25.3 Å². The average molecular weight is 394 g/mol. The zero-order chi connectivity index (χ0) is 17.4. The molecule has 1 aromatic carbocycles. The fourth-order valence-corrected chi connectivity index (χ4v) is 5.30. The molecule has 4 rings (SSSR count). The lowest BCUT2D eigenvalue weighted by Crippen LogP contribution is -2.28. The third kappa shape index (κ3) is 3.62. The van der Waals surface area contributed by atoms with Crippen LogP contribution in [0.3, 0.4) is 0 Å². The SMILES string of the molecule is Cc1nc(NC2CCC3(CCC3)C2)cnc1Sc1cccc(Cl)c1Cl. The van der Waals surface area contributed by atoms with Gasteiger partial charge >= 0.3 is 0 Å². The molecule has 1 N–H and O–H groups in total. The highest BCUT2D eigenvalue weighted by atomic mass is 35.5. The van der Waals surface area contributed by atoms with E-state index in [1.54, 1.807) is 6.07 Å². The normalized spacial score (nSPS) is 21.3.